The lowest BCUT2D eigenvalue weighted by atomic mass is 10.2. The van der Waals surface area contributed by atoms with Crippen molar-refractivity contribution in [3.63, 3.8) is 0 Å². The van der Waals surface area contributed by atoms with Crippen LogP contribution >= 0.6 is 11.3 Å². The molecule has 3 rings (SSSR count). The van der Waals surface area contributed by atoms with Crippen molar-refractivity contribution in [2.24, 2.45) is 0 Å². The molecule has 0 unspecified atom stereocenters. The van der Waals surface area contributed by atoms with E-state index >= 15 is 0 Å². The summed E-state index contributed by atoms with van der Waals surface area (Å²) in [5.74, 6) is 0. The first-order valence-electron chi connectivity index (χ1n) is 6.69. The van der Waals surface area contributed by atoms with Gasteiger partial charge in [0.25, 0.3) is 0 Å². The molecule has 20 heavy (non-hydrogen) atoms. The molecule has 1 N–H and O–H groups in total. The molecule has 0 radical (unpaired) electrons. The van der Waals surface area contributed by atoms with Crippen LogP contribution in [0.4, 0.5) is 0 Å². The Morgan fingerprint density at radius 2 is 2.05 bits per heavy atom. The Bertz CT molecular complexity index is 627. The van der Waals surface area contributed by atoms with E-state index in [0.717, 1.165) is 12.2 Å². The van der Waals surface area contributed by atoms with Gasteiger partial charge in [-0.3, -0.25) is 0 Å². The van der Waals surface area contributed by atoms with Gasteiger partial charge in [-0.05, 0) is 42.1 Å². The van der Waals surface area contributed by atoms with Crippen LogP contribution in [0.15, 0.2) is 60.2 Å². The second-order valence-electron chi connectivity index (χ2n) is 4.74. The molecule has 0 spiro atoms. The molecule has 0 saturated carbocycles. The maximum absolute atomic E-state index is 4.23. The van der Waals surface area contributed by atoms with Crippen LogP contribution in [0.2, 0.25) is 0 Å². The minimum Gasteiger partial charge on any atom is -0.305 e. The first-order valence-corrected chi connectivity index (χ1v) is 7.56. The molecular weight excluding hydrogens is 266 g/mol. The molecule has 102 valence electrons. The van der Waals surface area contributed by atoms with Crippen molar-refractivity contribution in [1.29, 1.82) is 0 Å². The summed E-state index contributed by atoms with van der Waals surface area (Å²) in [7, 11) is 0. The molecule has 0 fully saturated rings. The Hall–Kier alpha value is -1.91. The molecule has 4 heteroatoms. The molecule has 0 amide bonds. The van der Waals surface area contributed by atoms with Gasteiger partial charge < -0.3 is 5.32 Å². The van der Waals surface area contributed by atoms with E-state index in [1.165, 1.54) is 10.4 Å². The van der Waals surface area contributed by atoms with Crippen LogP contribution in [-0.2, 0) is 6.54 Å². The summed E-state index contributed by atoms with van der Waals surface area (Å²) in [5, 5.41) is 9.89. The average molecular weight is 283 g/mol. The summed E-state index contributed by atoms with van der Waals surface area (Å²) in [5.41, 5.74) is 2.37. The largest absolute Gasteiger partial charge is 0.305 e. The van der Waals surface area contributed by atoms with Crippen molar-refractivity contribution in [2.45, 2.75) is 19.5 Å². The van der Waals surface area contributed by atoms with Crippen LogP contribution < -0.4 is 5.32 Å². The molecule has 0 bridgehead atoms. The normalized spacial score (nSPS) is 12.4. The third-order valence-electron chi connectivity index (χ3n) is 3.29. The van der Waals surface area contributed by atoms with E-state index in [1.807, 2.05) is 16.9 Å². The smallest absolute Gasteiger partial charge is 0.0645 e. The van der Waals surface area contributed by atoms with E-state index in [1.54, 1.807) is 17.5 Å². The molecule has 2 aromatic heterocycles. The number of benzene rings is 1. The predicted octanol–water partition coefficient (Wildman–Crippen LogP) is 3.78. The number of nitrogens with zero attached hydrogens (tertiary/aromatic N) is 2. The van der Waals surface area contributed by atoms with Gasteiger partial charge in [-0.2, -0.15) is 5.10 Å². The Labute approximate surface area is 122 Å². The summed E-state index contributed by atoms with van der Waals surface area (Å²) in [6.07, 6.45) is 3.74. The topological polar surface area (TPSA) is 29.9 Å². The number of rotatable bonds is 5. The maximum Gasteiger partial charge on any atom is 0.0645 e. The Morgan fingerprint density at radius 3 is 2.70 bits per heavy atom. The fourth-order valence-corrected chi connectivity index (χ4v) is 2.86. The molecule has 3 nitrogen and oxygen atoms in total. The zero-order chi connectivity index (χ0) is 13.8. The van der Waals surface area contributed by atoms with E-state index in [4.69, 9.17) is 0 Å². The molecule has 3 aromatic rings. The van der Waals surface area contributed by atoms with Gasteiger partial charge in [0.2, 0.25) is 0 Å². The highest BCUT2D eigenvalue weighted by atomic mass is 32.1. The van der Waals surface area contributed by atoms with Gasteiger partial charge in [0.15, 0.2) is 0 Å². The molecule has 0 aliphatic heterocycles. The van der Waals surface area contributed by atoms with Gasteiger partial charge in [-0.15, -0.1) is 11.3 Å². The lowest BCUT2D eigenvalue weighted by Crippen LogP contribution is -2.17. The number of hydrogen-bond acceptors (Lipinski definition) is 3. The third kappa shape index (κ3) is 2.98. The van der Waals surface area contributed by atoms with Crippen LogP contribution in [0, 0.1) is 0 Å². The van der Waals surface area contributed by atoms with Crippen LogP contribution in [0.3, 0.4) is 0 Å². The highest BCUT2D eigenvalue weighted by Gasteiger charge is 2.05. The Balaban J connectivity index is 1.61. The van der Waals surface area contributed by atoms with E-state index in [-0.39, 0.29) is 0 Å². The molecule has 0 aliphatic rings. The fourth-order valence-electron chi connectivity index (χ4n) is 2.10. The second-order valence-corrected chi connectivity index (χ2v) is 5.71. The number of thiophene rings is 1. The predicted molar refractivity (Wildman–Crippen MR) is 83.1 cm³/mol. The SMILES string of the molecule is C[C@H](NCc1ccc(-n2cccn2)cc1)c1cccs1. The van der Waals surface area contributed by atoms with Gasteiger partial charge in [0, 0.05) is 29.9 Å². The van der Waals surface area contributed by atoms with Gasteiger partial charge in [-0.25, -0.2) is 4.68 Å². The highest BCUT2D eigenvalue weighted by molar-refractivity contribution is 7.10. The lowest BCUT2D eigenvalue weighted by molar-refractivity contribution is 0.583. The summed E-state index contributed by atoms with van der Waals surface area (Å²) in [6.45, 7) is 3.07. The van der Waals surface area contributed by atoms with Gasteiger partial charge in [0.05, 0.1) is 5.69 Å². The van der Waals surface area contributed by atoms with E-state index in [9.17, 15) is 0 Å². The summed E-state index contributed by atoms with van der Waals surface area (Å²) >= 11 is 1.79. The van der Waals surface area contributed by atoms with Gasteiger partial charge >= 0.3 is 0 Å². The lowest BCUT2D eigenvalue weighted by Gasteiger charge is -2.12. The van der Waals surface area contributed by atoms with Crippen molar-refractivity contribution >= 4 is 11.3 Å². The average Bonchev–Trinajstić information content (AvgIpc) is 3.18. The number of nitrogens with one attached hydrogen (secondary N) is 1. The molecule has 2 heterocycles. The third-order valence-corrected chi connectivity index (χ3v) is 4.34. The summed E-state index contributed by atoms with van der Waals surface area (Å²) < 4.78 is 1.87. The summed E-state index contributed by atoms with van der Waals surface area (Å²) in [6, 6.07) is 15.1. The molecule has 1 atom stereocenters. The van der Waals surface area contributed by atoms with Crippen LogP contribution in [0.1, 0.15) is 23.4 Å². The fraction of sp³-hybridized carbons (Fsp3) is 0.188. The first kappa shape index (κ1) is 13.1. The van der Waals surface area contributed by atoms with Gasteiger partial charge in [-0.1, -0.05) is 18.2 Å². The molecule has 1 aromatic carbocycles. The quantitative estimate of drug-likeness (QED) is 0.772. The zero-order valence-electron chi connectivity index (χ0n) is 11.4. The van der Waals surface area contributed by atoms with Crippen molar-refractivity contribution in [3.05, 3.63) is 70.7 Å². The van der Waals surface area contributed by atoms with Gasteiger partial charge in [0.1, 0.15) is 0 Å². The van der Waals surface area contributed by atoms with E-state index in [2.05, 4.69) is 59.1 Å². The van der Waals surface area contributed by atoms with Crippen molar-refractivity contribution < 1.29 is 0 Å². The van der Waals surface area contributed by atoms with Crippen LogP contribution in [0.25, 0.3) is 5.69 Å². The molecule has 0 saturated heterocycles. The summed E-state index contributed by atoms with van der Waals surface area (Å²) in [4.78, 5) is 1.37. The minimum atomic E-state index is 0.390. The number of aromatic nitrogens is 2. The second kappa shape index (κ2) is 6.03. The standard InChI is InChI=1S/C16H17N3S/c1-13(16-4-2-11-20-16)17-12-14-5-7-15(8-6-14)19-10-3-9-18-19/h2-11,13,17H,12H2,1H3/t13-/m0/s1. The van der Waals surface area contributed by atoms with Crippen molar-refractivity contribution in [2.75, 3.05) is 0 Å². The number of hydrogen-bond donors (Lipinski definition) is 1. The highest BCUT2D eigenvalue weighted by Crippen LogP contribution is 2.18. The molecule has 0 aliphatic carbocycles. The van der Waals surface area contributed by atoms with E-state index < -0.39 is 0 Å². The monoisotopic (exact) mass is 283 g/mol. The first-order chi connectivity index (χ1) is 9.83. The van der Waals surface area contributed by atoms with E-state index in [0.29, 0.717) is 6.04 Å². The zero-order valence-corrected chi connectivity index (χ0v) is 12.2. The maximum atomic E-state index is 4.23. The Morgan fingerprint density at radius 1 is 1.20 bits per heavy atom. The van der Waals surface area contributed by atoms with Crippen LogP contribution in [0.5, 0.6) is 0 Å². The minimum absolute atomic E-state index is 0.390. The van der Waals surface area contributed by atoms with Crippen molar-refractivity contribution in [1.82, 2.24) is 15.1 Å². The Kier molecular flexibility index (Phi) is 3.95. The molecular formula is C16H17N3S. The van der Waals surface area contributed by atoms with Crippen LogP contribution in [-0.4, -0.2) is 9.78 Å². The van der Waals surface area contributed by atoms with Crippen molar-refractivity contribution in [3.8, 4) is 5.69 Å².